The molecule has 5 heteroatoms. The van der Waals surface area contributed by atoms with Crippen molar-refractivity contribution in [3.8, 4) is 5.75 Å². The molecule has 0 aliphatic carbocycles. The molecule has 26 heavy (non-hydrogen) atoms. The van der Waals surface area contributed by atoms with Crippen LogP contribution in [0.15, 0.2) is 48.5 Å². The molecule has 0 radical (unpaired) electrons. The van der Waals surface area contributed by atoms with E-state index in [0.29, 0.717) is 41.8 Å². The number of hydrogen-bond donors (Lipinski definition) is 0. The highest BCUT2D eigenvalue weighted by molar-refractivity contribution is 6.35. The minimum absolute atomic E-state index is 0.118. The van der Waals surface area contributed by atoms with Gasteiger partial charge in [-0.3, -0.25) is 4.79 Å². The minimum atomic E-state index is -0.243. The van der Waals surface area contributed by atoms with Gasteiger partial charge in [0, 0.05) is 23.5 Å². The van der Waals surface area contributed by atoms with Gasteiger partial charge in [-0.25, -0.2) is 0 Å². The average Bonchev–Trinajstić information content (AvgIpc) is 2.58. The Balaban J connectivity index is 1.89. The van der Waals surface area contributed by atoms with Gasteiger partial charge in [0.1, 0.15) is 5.75 Å². The van der Waals surface area contributed by atoms with Gasteiger partial charge in [-0.1, -0.05) is 53.5 Å². The third kappa shape index (κ3) is 6.22. The highest BCUT2D eigenvalue weighted by Gasteiger charge is 2.26. The molecule has 0 saturated carbocycles. The molecule has 2 aromatic rings. The third-order valence-electron chi connectivity index (χ3n) is 3.98. The monoisotopic (exact) mass is 393 g/mol. The van der Waals surface area contributed by atoms with Crippen LogP contribution >= 0.6 is 23.2 Å². The summed E-state index contributed by atoms with van der Waals surface area (Å²) in [7, 11) is 0. The van der Waals surface area contributed by atoms with Crippen LogP contribution < -0.4 is 4.74 Å². The van der Waals surface area contributed by atoms with Crippen molar-refractivity contribution in [3.05, 3.63) is 64.1 Å². The molecule has 0 unspecified atom stereocenters. The van der Waals surface area contributed by atoms with E-state index >= 15 is 0 Å². The lowest BCUT2D eigenvalue weighted by molar-refractivity contribution is -0.137. The number of ether oxygens (including phenoxy) is 1. The van der Waals surface area contributed by atoms with E-state index in [1.807, 2.05) is 35.2 Å². The van der Waals surface area contributed by atoms with Crippen molar-refractivity contribution in [2.45, 2.75) is 45.7 Å². The number of hydrogen-bond acceptors (Lipinski definition) is 2. The van der Waals surface area contributed by atoms with Gasteiger partial charge >= 0.3 is 0 Å². The van der Waals surface area contributed by atoms with Crippen LogP contribution in [0, 0.1) is 0 Å². The molecule has 1 amide bonds. The second kappa shape index (κ2) is 9.29. The zero-order chi connectivity index (χ0) is 19.2. The van der Waals surface area contributed by atoms with Gasteiger partial charge in [-0.05, 0) is 51.0 Å². The van der Waals surface area contributed by atoms with E-state index in [0.717, 1.165) is 5.56 Å². The summed E-state index contributed by atoms with van der Waals surface area (Å²) < 4.78 is 5.66. The van der Waals surface area contributed by atoms with Crippen molar-refractivity contribution >= 4 is 29.1 Å². The molecule has 0 heterocycles. The molecule has 140 valence electrons. The fourth-order valence-electron chi connectivity index (χ4n) is 2.60. The first-order chi connectivity index (χ1) is 12.3. The SMILES string of the molecule is CC(C)(C)N(Cc1ccccc1)C(=O)CCCOc1ccc(Cl)cc1Cl. The zero-order valence-corrected chi connectivity index (χ0v) is 17.0. The molecule has 0 saturated heterocycles. The largest absolute Gasteiger partial charge is 0.492 e. The smallest absolute Gasteiger partial charge is 0.223 e. The second-order valence-electron chi connectivity index (χ2n) is 7.16. The standard InChI is InChI=1S/C21H25Cl2NO2/c1-21(2,3)24(15-16-8-5-4-6-9-16)20(25)10-7-13-26-19-12-11-17(22)14-18(19)23/h4-6,8-9,11-12,14H,7,10,13,15H2,1-3H3. The average molecular weight is 394 g/mol. The molecule has 0 aliphatic heterocycles. The van der Waals surface area contributed by atoms with E-state index < -0.39 is 0 Å². The lowest BCUT2D eigenvalue weighted by Crippen LogP contribution is -2.45. The fourth-order valence-corrected chi connectivity index (χ4v) is 3.06. The summed E-state index contributed by atoms with van der Waals surface area (Å²) in [6.07, 6.45) is 1.05. The number of halogens is 2. The molecular formula is C21H25Cl2NO2. The van der Waals surface area contributed by atoms with Gasteiger partial charge in [-0.2, -0.15) is 0 Å². The molecular weight excluding hydrogens is 369 g/mol. The Morgan fingerprint density at radius 3 is 2.38 bits per heavy atom. The molecule has 2 aromatic carbocycles. The highest BCUT2D eigenvalue weighted by Crippen LogP contribution is 2.27. The van der Waals surface area contributed by atoms with Crippen LogP contribution in [-0.2, 0) is 11.3 Å². The molecule has 0 aliphatic rings. The Kier molecular flexibility index (Phi) is 7.36. The summed E-state index contributed by atoms with van der Waals surface area (Å²) in [5.41, 5.74) is 0.882. The Morgan fingerprint density at radius 1 is 1.08 bits per heavy atom. The predicted octanol–water partition coefficient (Wildman–Crippen LogP) is 5.98. The van der Waals surface area contributed by atoms with E-state index in [9.17, 15) is 4.79 Å². The molecule has 2 rings (SSSR count). The highest BCUT2D eigenvalue weighted by atomic mass is 35.5. The van der Waals surface area contributed by atoms with E-state index in [1.54, 1.807) is 18.2 Å². The van der Waals surface area contributed by atoms with Gasteiger partial charge in [0.25, 0.3) is 0 Å². The third-order valence-corrected chi connectivity index (χ3v) is 4.51. The van der Waals surface area contributed by atoms with Crippen molar-refractivity contribution in [1.29, 1.82) is 0 Å². The lowest BCUT2D eigenvalue weighted by atomic mass is 10.0. The summed E-state index contributed by atoms with van der Waals surface area (Å²) in [6.45, 7) is 7.19. The Bertz CT molecular complexity index is 727. The van der Waals surface area contributed by atoms with E-state index in [2.05, 4.69) is 20.8 Å². The number of carbonyl (C=O) groups excluding carboxylic acids is 1. The van der Waals surface area contributed by atoms with Gasteiger partial charge in [0.2, 0.25) is 5.91 Å². The van der Waals surface area contributed by atoms with Gasteiger partial charge < -0.3 is 9.64 Å². The fraction of sp³-hybridized carbons (Fsp3) is 0.381. The van der Waals surface area contributed by atoms with Crippen LogP contribution in [0.2, 0.25) is 10.0 Å². The van der Waals surface area contributed by atoms with Crippen LogP contribution in [0.5, 0.6) is 5.75 Å². The minimum Gasteiger partial charge on any atom is -0.492 e. The van der Waals surface area contributed by atoms with Crippen LogP contribution in [0.1, 0.15) is 39.2 Å². The molecule has 3 nitrogen and oxygen atoms in total. The Labute approximate surface area is 165 Å². The van der Waals surface area contributed by atoms with Crippen molar-refractivity contribution in [2.24, 2.45) is 0 Å². The summed E-state index contributed by atoms with van der Waals surface area (Å²) in [5, 5.41) is 1.04. The lowest BCUT2D eigenvalue weighted by Gasteiger charge is -2.36. The number of amides is 1. The van der Waals surface area contributed by atoms with Crippen LogP contribution in [0.3, 0.4) is 0 Å². The van der Waals surface area contributed by atoms with Crippen molar-refractivity contribution < 1.29 is 9.53 Å². The maximum atomic E-state index is 12.7. The number of nitrogens with zero attached hydrogens (tertiary/aromatic N) is 1. The van der Waals surface area contributed by atoms with Gasteiger partial charge in [0.05, 0.1) is 11.6 Å². The van der Waals surface area contributed by atoms with Crippen LogP contribution in [-0.4, -0.2) is 23.0 Å². The number of carbonyl (C=O) groups is 1. The Morgan fingerprint density at radius 2 is 1.77 bits per heavy atom. The molecule has 0 aromatic heterocycles. The van der Waals surface area contributed by atoms with Crippen molar-refractivity contribution in [2.75, 3.05) is 6.61 Å². The second-order valence-corrected chi connectivity index (χ2v) is 8.01. The maximum absolute atomic E-state index is 12.7. The van der Waals surface area contributed by atoms with E-state index in [-0.39, 0.29) is 11.4 Å². The predicted molar refractivity (Wildman–Crippen MR) is 108 cm³/mol. The number of benzene rings is 2. The normalized spacial score (nSPS) is 11.3. The summed E-state index contributed by atoms with van der Waals surface area (Å²) in [6, 6.07) is 15.2. The molecule has 0 bridgehead atoms. The molecule has 0 fully saturated rings. The molecule has 0 N–H and O–H groups in total. The summed E-state index contributed by atoms with van der Waals surface area (Å²) in [5.74, 6) is 0.702. The quantitative estimate of drug-likeness (QED) is 0.541. The zero-order valence-electron chi connectivity index (χ0n) is 15.5. The van der Waals surface area contributed by atoms with E-state index in [1.165, 1.54) is 0 Å². The van der Waals surface area contributed by atoms with Crippen molar-refractivity contribution in [3.63, 3.8) is 0 Å². The van der Waals surface area contributed by atoms with Crippen LogP contribution in [0.4, 0.5) is 0 Å². The summed E-state index contributed by atoms with van der Waals surface area (Å²) in [4.78, 5) is 14.7. The molecule has 0 atom stereocenters. The van der Waals surface area contributed by atoms with Crippen LogP contribution in [0.25, 0.3) is 0 Å². The van der Waals surface area contributed by atoms with Gasteiger partial charge in [-0.15, -0.1) is 0 Å². The first-order valence-electron chi connectivity index (χ1n) is 8.69. The first-order valence-corrected chi connectivity index (χ1v) is 9.45. The Hall–Kier alpha value is -1.71. The topological polar surface area (TPSA) is 29.5 Å². The molecule has 0 spiro atoms. The van der Waals surface area contributed by atoms with E-state index in [4.69, 9.17) is 27.9 Å². The van der Waals surface area contributed by atoms with Gasteiger partial charge in [0.15, 0.2) is 0 Å². The first kappa shape index (κ1) is 20.6. The number of rotatable bonds is 7. The maximum Gasteiger partial charge on any atom is 0.223 e. The summed E-state index contributed by atoms with van der Waals surface area (Å²) >= 11 is 12.0. The van der Waals surface area contributed by atoms with Crippen molar-refractivity contribution in [1.82, 2.24) is 4.90 Å².